The Morgan fingerprint density at radius 3 is 2.50 bits per heavy atom. The third-order valence-corrected chi connectivity index (χ3v) is 4.81. The first-order chi connectivity index (χ1) is 8.35. The Morgan fingerprint density at radius 2 is 1.94 bits per heavy atom. The van der Waals surface area contributed by atoms with Crippen LogP contribution in [0, 0.1) is 13.8 Å². The van der Waals surface area contributed by atoms with Crippen molar-refractivity contribution in [2.45, 2.75) is 52.7 Å². The lowest BCUT2D eigenvalue weighted by molar-refractivity contribution is 0.0768. The minimum Gasteiger partial charge on any atom is -0.396 e. The van der Waals surface area contributed by atoms with Crippen LogP contribution in [0.4, 0.5) is 0 Å². The molecule has 0 bridgehead atoms. The minimum atomic E-state index is -1.02. The summed E-state index contributed by atoms with van der Waals surface area (Å²) >= 11 is 0. The summed E-state index contributed by atoms with van der Waals surface area (Å²) in [5.74, 6) is 0. The first-order valence-corrected chi connectivity index (χ1v) is 10.3. The van der Waals surface area contributed by atoms with Crippen molar-refractivity contribution in [2.24, 2.45) is 0 Å². The maximum Gasteiger partial charge on any atom is 0.139 e. The van der Waals surface area contributed by atoms with Gasteiger partial charge in [0.15, 0.2) is 0 Å². The highest BCUT2D eigenvalue weighted by Gasteiger charge is 2.13. The molecule has 1 aromatic heterocycles. The van der Waals surface area contributed by atoms with Crippen molar-refractivity contribution in [2.75, 3.05) is 13.2 Å². The lowest BCUT2D eigenvalue weighted by Crippen LogP contribution is -2.22. The number of hydrogen-bond donors (Lipinski definition) is 1. The van der Waals surface area contributed by atoms with E-state index in [-0.39, 0.29) is 6.61 Å². The Bertz CT molecular complexity index is 383. The smallest absolute Gasteiger partial charge is 0.139 e. The van der Waals surface area contributed by atoms with Gasteiger partial charge in [0, 0.05) is 27.0 Å². The van der Waals surface area contributed by atoms with Crippen LogP contribution in [0.2, 0.25) is 25.7 Å². The maximum atomic E-state index is 9.02. The van der Waals surface area contributed by atoms with E-state index in [2.05, 4.69) is 24.7 Å². The Labute approximate surface area is 111 Å². The van der Waals surface area contributed by atoms with Gasteiger partial charge in [-0.15, -0.1) is 0 Å². The highest BCUT2D eigenvalue weighted by molar-refractivity contribution is 6.76. The highest BCUT2D eigenvalue weighted by Crippen LogP contribution is 2.14. The number of aromatic nitrogens is 2. The highest BCUT2D eigenvalue weighted by atomic mass is 28.3. The standard InChI is InChI=1S/C13H26N2O2Si/c1-11-13(6-7-16)12(2)15(14-11)10-17-8-9-18(3,4)5/h16H,6-10H2,1-5H3. The van der Waals surface area contributed by atoms with Crippen molar-refractivity contribution in [3.63, 3.8) is 0 Å². The number of aliphatic hydroxyl groups is 1. The molecule has 4 nitrogen and oxygen atoms in total. The topological polar surface area (TPSA) is 47.3 Å². The van der Waals surface area contributed by atoms with E-state index in [1.54, 1.807) is 0 Å². The van der Waals surface area contributed by atoms with Gasteiger partial charge in [-0.25, -0.2) is 4.68 Å². The van der Waals surface area contributed by atoms with E-state index in [0.717, 1.165) is 23.6 Å². The van der Waals surface area contributed by atoms with Crippen LogP contribution in [0.1, 0.15) is 17.0 Å². The van der Waals surface area contributed by atoms with Crippen molar-refractivity contribution < 1.29 is 9.84 Å². The van der Waals surface area contributed by atoms with Crippen LogP contribution in [-0.4, -0.2) is 36.2 Å². The van der Waals surface area contributed by atoms with Gasteiger partial charge < -0.3 is 9.84 Å². The van der Waals surface area contributed by atoms with Gasteiger partial charge in [-0.3, -0.25) is 0 Å². The van der Waals surface area contributed by atoms with Crippen molar-refractivity contribution >= 4 is 8.07 Å². The van der Waals surface area contributed by atoms with Crippen molar-refractivity contribution in [1.29, 1.82) is 0 Å². The molecule has 0 atom stereocenters. The minimum absolute atomic E-state index is 0.170. The lowest BCUT2D eigenvalue weighted by atomic mass is 10.1. The summed E-state index contributed by atoms with van der Waals surface area (Å²) in [5, 5.41) is 13.5. The molecule has 0 unspecified atom stereocenters. The summed E-state index contributed by atoms with van der Waals surface area (Å²) < 4.78 is 7.59. The zero-order chi connectivity index (χ0) is 13.8. The monoisotopic (exact) mass is 270 g/mol. The molecular formula is C13H26N2O2Si. The summed E-state index contributed by atoms with van der Waals surface area (Å²) in [6.07, 6.45) is 0.673. The first kappa shape index (κ1) is 15.4. The van der Waals surface area contributed by atoms with Crippen LogP contribution in [0.15, 0.2) is 0 Å². The van der Waals surface area contributed by atoms with Crippen LogP contribution in [-0.2, 0) is 17.9 Å². The molecule has 0 aliphatic carbocycles. The molecule has 0 saturated carbocycles. The van der Waals surface area contributed by atoms with Crippen LogP contribution >= 0.6 is 0 Å². The maximum absolute atomic E-state index is 9.02. The average Bonchev–Trinajstić information content (AvgIpc) is 2.51. The van der Waals surface area contributed by atoms with E-state index in [1.165, 1.54) is 6.04 Å². The number of ether oxygens (including phenoxy) is 1. The normalized spacial score (nSPS) is 12.1. The molecule has 0 aliphatic rings. The Balaban J connectivity index is 2.50. The van der Waals surface area contributed by atoms with Gasteiger partial charge in [-0.05, 0) is 31.9 Å². The van der Waals surface area contributed by atoms with Gasteiger partial charge in [-0.2, -0.15) is 5.10 Å². The molecule has 1 aromatic rings. The fourth-order valence-electron chi connectivity index (χ4n) is 1.86. The fraction of sp³-hybridized carbons (Fsp3) is 0.769. The second kappa shape index (κ2) is 6.50. The summed E-state index contributed by atoms with van der Waals surface area (Å²) in [7, 11) is -1.02. The number of rotatable bonds is 7. The van der Waals surface area contributed by atoms with E-state index in [1.807, 2.05) is 18.5 Å². The largest absolute Gasteiger partial charge is 0.396 e. The molecule has 0 spiro atoms. The molecule has 18 heavy (non-hydrogen) atoms. The number of hydrogen-bond acceptors (Lipinski definition) is 3. The quantitative estimate of drug-likeness (QED) is 0.611. The third kappa shape index (κ3) is 4.55. The molecule has 0 fully saturated rings. The van der Waals surface area contributed by atoms with Crippen LogP contribution in [0.3, 0.4) is 0 Å². The van der Waals surface area contributed by atoms with Crippen LogP contribution in [0.25, 0.3) is 0 Å². The average molecular weight is 270 g/mol. The van der Waals surface area contributed by atoms with Gasteiger partial charge >= 0.3 is 0 Å². The summed E-state index contributed by atoms with van der Waals surface area (Å²) in [6.45, 7) is 12.6. The summed E-state index contributed by atoms with van der Waals surface area (Å²) in [6, 6.07) is 1.18. The van der Waals surface area contributed by atoms with E-state index in [4.69, 9.17) is 9.84 Å². The van der Waals surface area contributed by atoms with Crippen LogP contribution in [0.5, 0.6) is 0 Å². The Hall–Kier alpha value is -0.653. The molecule has 0 saturated heterocycles. The van der Waals surface area contributed by atoms with E-state index in [9.17, 15) is 0 Å². The molecule has 0 radical (unpaired) electrons. The molecule has 1 rings (SSSR count). The first-order valence-electron chi connectivity index (χ1n) is 6.56. The van der Waals surface area contributed by atoms with Gasteiger partial charge in [0.05, 0.1) is 5.69 Å². The third-order valence-electron chi connectivity index (χ3n) is 3.10. The van der Waals surface area contributed by atoms with Crippen molar-refractivity contribution in [1.82, 2.24) is 9.78 Å². The van der Waals surface area contributed by atoms with Gasteiger partial charge in [-0.1, -0.05) is 19.6 Å². The molecule has 5 heteroatoms. The molecule has 1 heterocycles. The number of nitrogens with zero attached hydrogens (tertiary/aromatic N) is 2. The predicted molar refractivity (Wildman–Crippen MR) is 76.6 cm³/mol. The molecule has 104 valence electrons. The van der Waals surface area contributed by atoms with Crippen LogP contribution < -0.4 is 0 Å². The molecule has 0 aliphatic heterocycles. The number of aliphatic hydroxyl groups excluding tert-OH is 1. The zero-order valence-electron chi connectivity index (χ0n) is 12.3. The zero-order valence-corrected chi connectivity index (χ0v) is 13.3. The second-order valence-electron chi connectivity index (χ2n) is 5.97. The van der Waals surface area contributed by atoms with E-state index in [0.29, 0.717) is 13.2 Å². The summed E-state index contributed by atoms with van der Waals surface area (Å²) in [4.78, 5) is 0. The fourth-order valence-corrected chi connectivity index (χ4v) is 2.62. The second-order valence-corrected chi connectivity index (χ2v) is 11.6. The van der Waals surface area contributed by atoms with Crippen molar-refractivity contribution in [3.8, 4) is 0 Å². The Kier molecular flexibility index (Phi) is 5.56. The molecular weight excluding hydrogens is 244 g/mol. The van der Waals surface area contributed by atoms with Gasteiger partial charge in [0.1, 0.15) is 6.73 Å². The molecule has 1 N–H and O–H groups in total. The van der Waals surface area contributed by atoms with Gasteiger partial charge in [0.25, 0.3) is 0 Å². The SMILES string of the molecule is Cc1nn(COCC[Si](C)(C)C)c(C)c1CCO. The van der Waals surface area contributed by atoms with E-state index < -0.39 is 8.07 Å². The van der Waals surface area contributed by atoms with Crippen molar-refractivity contribution in [3.05, 3.63) is 17.0 Å². The Morgan fingerprint density at radius 1 is 1.28 bits per heavy atom. The summed E-state index contributed by atoms with van der Waals surface area (Å²) in [5.41, 5.74) is 3.25. The lowest BCUT2D eigenvalue weighted by Gasteiger charge is -2.15. The number of aryl methyl sites for hydroxylation is 1. The van der Waals surface area contributed by atoms with E-state index >= 15 is 0 Å². The molecule has 0 aromatic carbocycles. The van der Waals surface area contributed by atoms with Gasteiger partial charge in [0.2, 0.25) is 0 Å². The predicted octanol–water partition coefficient (Wildman–Crippen LogP) is 2.35. The molecule has 0 amide bonds.